The summed E-state index contributed by atoms with van der Waals surface area (Å²) in [4.78, 5) is 35.6. The highest BCUT2D eigenvalue weighted by Crippen LogP contribution is 2.25. The van der Waals surface area contributed by atoms with Gasteiger partial charge in [-0.25, -0.2) is 9.78 Å². The van der Waals surface area contributed by atoms with Crippen LogP contribution in [0, 0.1) is 0 Å². The average molecular weight is 412 g/mol. The van der Waals surface area contributed by atoms with Gasteiger partial charge in [0.05, 0.1) is 18.3 Å². The van der Waals surface area contributed by atoms with Crippen LogP contribution in [0.15, 0.2) is 43.1 Å². The number of alkyl halides is 3. The van der Waals surface area contributed by atoms with Crippen molar-refractivity contribution in [3.05, 3.63) is 54.4 Å². The van der Waals surface area contributed by atoms with Gasteiger partial charge in [0.2, 0.25) is 0 Å². The molecule has 0 spiro atoms. The van der Waals surface area contributed by atoms with Crippen molar-refractivity contribution < 1.29 is 32.6 Å². The third-order valence-corrected chi connectivity index (χ3v) is 4.24. The summed E-state index contributed by atoms with van der Waals surface area (Å²) in [7, 11) is 1.69. The molecule has 1 amide bonds. The number of pyridine rings is 1. The zero-order valence-electron chi connectivity index (χ0n) is 15.4. The lowest BCUT2D eigenvalue weighted by Crippen LogP contribution is -2.42. The number of rotatable bonds is 4. The van der Waals surface area contributed by atoms with Crippen LogP contribution in [0.3, 0.4) is 0 Å². The van der Waals surface area contributed by atoms with E-state index < -0.39 is 12.1 Å². The molecule has 2 atom stereocenters. The molecule has 0 unspecified atom stereocenters. The minimum absolute atomic E-state index is 0.0105. The Kier molecular flexibility index (Phi) is 7.59. The van der Waals surface area contributed by atoms with Gasteiger partial charge in [-0.3, -0.25) is 14.8 Å². The summed E-state index contributed by atoms with van der Waals surface area (Å²) in [5.41, 5.74) is 1.46. The lowest BCUT2D eigenvalue weighted by Gasteiger charge is -2.27. The normalized spacial score (nSPS) is 18.7. The number of ether oxygens (including phenoxy) is 1. The summed E-state index contributed by atoms with van der Waals surface area (Å²) in [5.74, 6) is -2.85. The molecule has 1 aliphatic heterocycles. The van der Waals surface area contributed by atoms with Crippen molar-refractivity contribution in [1.29, 1.82) is 0 Å². The van der Waals surface area contributed by atoms with E-state index in [2.05, 4.69) is 15.0 Å². The molecule has 0 bridgehead atoms. The summed E-state index contributed by atoms with van der Waals surface area (Å²) in [6.07, 6.45) is 4.67. The highest BCUT2D eigenvalue weighted by molar-refractivity contribution is 5.92. The van der Waals surface area contributed by atoms with Crippen LogP contribution >= 0.6 is 0 Å². The first-order chi connectivity index (χ1) is 13.7. The van der Waals surface area contributed by atoms with Gasteiger partial charge in [-0.05, 0) is 24.5 Å². The van der Waals surface area contributed by atoms with Crippen LogP contribution in [-0.2, 0) is 16.0 Å². The molecule has 156 valence electrons. The number of likely N-dealkylation sites (tertiary alicyclic amines) is 1. The number of halogens is 3. The van der Waals surface area contributed by atoms with E-state index in [1.54, 1.807) is 19.5 Å². The van der Waals surface area contributed by atoms with Gasteiger partial charge < -0.3 is 14.7 Å². The van der Waals surface area contributed by atoms with Gasteiger partial charge in [-0.2, -0.15) is 13.2 Å². The molecule has 1 N–H and O–H groups in total. The van der Waals surface area contributed by atoms with Crippen LogP contribution in [0.1, 0.15) is 22.5 Å². The number of hydrogen-bond donors (Lipinski definition) is 1. The minimum Gasteiger partial charge on any atom is -0.475 e. The fraction of sp³-hybridized carbons (Fsp3) is 0.389. The molecule has 0 aromatic carbocycles. The number of carboxylic acid groups (broad SMARTS) is 1. The predicted molar refractivity (Wildman–Crippen MR) is 93.9 cm³/mol. The van der Waals surface area contributed by atoms with Crippen LogP contribution < -0.4 is 0 Å². The Balaban J connectivity index is 0.000000370. The van der Waals surface area contributed by atoms with E-state index in [-0.39, 0.29) is 18.1 Å². The number of amides is 1. The first kappa shape index (κ1) is 22.2. The second-order valence-corrected chi connectivity index (χ2v) is 6.09. The molecule has 2 aromatic heterocycles. The largest absolute Gasteiger partial charge is 0.490 e. The van der Waals surface area contributed by atoms with E-state index in [0.29, 0.717) is 12.2 Å². The molecule has 0 aliphatic carbocycles. The first-order valence-electron chi connectivity index (χ1n) is 8.52. The fourth-order valence-electron chi connectivity index (χ4n) is 2.91. The summed E-state index contributed by atoms with van der Waals surface area (Å²) in [5, 5.41) is 7.12. The number of carboxylic acids is 1. The zero-order chi connectivity index (χ0) is 21.4. The number of carbonyl (C=O) groups is 2. The lowest BCUT2D eigenvalue weighted by atomic mass is 10.0. The first-order valence-corrected chi connectivity index (χ1v) is 8.52. The van der Waals surface area contributed by atoms with Gasteiger partial charge in [0, 0.05) is 38.4 Å². The number of nitrogens with zero attached hydrogens (tertiary/aromatic N) is 4. The van der Waals surface area contributed by atoms with Gasteiger partial charge in [-0.1, -0.05) is 6.07 Å². The summed E-state index contributed by atoms with van der Waals surface area (Å²) in [6.45, 7) is 0.666. The number of methoxy groups -OCH3 is 1. The zero-order valence-corrected chi connectivity index (χ0v) is 15.4. The molecule has 1 aliphatic rings. The SMILES string of the molecule is CO[C@@H]1CCN(C(=O)c2cnccn2)[C@H]1Cc1cccnc1.O=C(O)C(F)(F)F. The molecule has 8 nitrogen and oxygen atoms in total. The van der Waals surface area contributed by atoms with Gasteiger partial charge in [-0.15, -0.1) is 0 Å². The number of hydrogen-bond acceptors (Lipinski definition) is 6. The smallest absolute Gasteiger partial charge is 0.475 e. The third-order valence-electron chi connectivity index (χ3n) is 4.24. The fourth-order valence-corrected chi connectivity index (χ4v) is 2.91. The molecule has 11 heteroatoms. The Morgan fingerprint density at radius 1 is 1.24 bits per heavy atom. The maximum Gasteiger partial charge on any atom is 0.490 e. The van der Waals surface area contributed by atoms with E-state index in [9.17, 15) is 18.0 Å². The number of aliphatic carboxylic acids is 1. The number of carbonyl (C=O) groups excluding carboxylic acids is 1. The van der Waals surface area contributed by atoms with Gasteiger partial charge >= 0.3 is 12.1 Å². The van der Waals surface area contributed by atoms with E-state index in [1.165, 1.54) is 12.4 Å². The quantitative estimate of drug-likeness (QED) is 0.819. The average Bonchev–Trinajstić information content (AvgIpc) is 3.11. The van der Waals surface area contributed by atoms with Crippen LogP contribution in [-0.4, -0.2) is 68.8 Å². The van der Waals surface area contributed by atoms with Crippen LogP contribution in [0.25, 0.3) is 0 Å². The molecule has 0 saturated carbocycles. The molecule has 3 heterocycles. The second kappa shape index (κ2) is 9.92. The third kappa shape index (κ3) is 6.21. The molecule has 0 radical (unpaired) electrons. The monoisotopic (exact) mass is 412 g/mol. The Morgan fingerprint density at radius 2 is 1.93 bits per heavy atom. The van der Waals surface area contributed by atoms with Crippen molar-refractivity contribution in [2.24, 2.45) is 0 Å². The van der Waals surface area contributed by atoms with Crippen molar-refractivity contribution >= 4 is 11.9 Å². The molecular formula is C18H19F3N4O4. The predicted octanol–water partition coefficient (Wildman–Crippen LogP) is 1.98. The Hall–Kier alpha value is -3.08. The molecule has 29 heavy (non-hydrogen) atoms. The van der Waals surface area contributed by atoms with Crippen molar-refractivity contribution in [2.45, 2.75) is 31.2 Å². The molecule has 1 fully saturated rings. The van der Waals surface area contributed by atoms with Gasteiger partial charge in [0.25, 0.3) is 5.91 Å². The lowest BCUT2D eigenvalue weighted by molar-refractivity contribution is -0.192. The van der Waals surface area contributed by atoms with Crippen molar-refractivity contribution in [3.8, 4) is 0 Å². The Morgan fingerprint density at radius 3 is 2.45 bits per heavy atom. The van der Waals surface area contributed by atoms with Gasteiger partial charge in [0.15, 0.2) is 0 Å². The van der Waals surface area contributed by atoms with Crippen molar-refractivity contribution in [2.75, 3.05) is 13.7 Å². The molecule has 1 saturated heterocycles. The molecule has 3 rings (SSSR count). The number of aromatic nitrogens is 3. The maximum atomic E-state index is 12.7. The van der Waals surface area contributed by atoms with E-state index in [4.69, 9.17) is 14.6 Å². The van der Waals surface area contributed by atoms with Crippen LogP contribution in [0.5, 0.6) is 0 Å². The van der Waals surface area contributed by atoms with Crippen molar-refractivity contribution in [3.63, 3.8) is 0 Å². The standard InChI is InChI=1S/C16H18N4O2.C2HF3O2/c1-22-15-4-8-20(16(21)13-11-18-6-7-19-13)14(15)9-12-3-2-5-17-10-12;3-2(4,5)1(6)7/h2-3,5-7,10-11,14-15H,4,8-9H2,1H3;(H,6,7)/t14-,15+;/m0./s1. The summed E-state index contributed by atoms with van der Waals surface area (Å²) < 4.78 is 37.3. The highest BCUT2D eigenvalue weighted by atomic mass is 19.4. The maximum absolute atomic E-state index is 12.7. The van der Waals surface area contributed by atoms with Crippen LogP contribution in [0.4, 0.5) is 13.2 Å². The van der Waals surface area contributed by atoms with Gasteiger partial charge in [0.1, 0.15) is 5.69 Å². The molecular weight excluding hydrogens is 393 g/mol. The van der Waals surface area contributed by atoms with E-state index in [1.807, 2.05) is 23.2 Å². The van der Waals surface area contributed by atoms with E-state index in [0.717, 1.165) is 18.4 Å². The minimum atomic E-state index is -5.08. The topological polar surface area (TPSA) is 106 Å². The summed E-state index contributed by atoms with van der Waals surface area (Å²) >= 11 is 0. The highest BCUT2D eigenvalue weighted by Gasteiger charge is 2.38. The second-order valence-electron chi connectivity index (χ2n) is 6.09. The summed E-state index contributed by atoms with van der Waals surface area (Å²) in [6, 6.07) is 3.91. The Bertz CT molecular complexity index is 806. The van der Waals surface area contributed by atoms with E-state index >= 15 is 0 Å². The van der Waals surface area contributed by atoms with Crippen LogP contribution in [0.2, 0.25) is 0 Å². The van der Waals surface area contributed by atoms with Crippen molar-refractivity contribution in [1.82, 2.24) is 19.9 Å². The molecule has 2 aromatic rings. The Labute approximate surface area is 164 Å².